The van der Waals surface area contributed by atoms with Crippen LogP contribution in [-0.4, -0.2) is 30.7 Å². The Morgan fingerprint density at radius 1 is 1.12 bits per heavy atom. The fourth-order valence-electron chi connectivity index (χ4n) is 2.02. The number of rotatable bonds is 7. The van der Waals surface area contributed by atoms with Gasteiger partial charge in [0.05, 0.1) is 12.8 Å². The molecule has 1 atom stereocenters. The highest BCUT2D eigenvalue weighted by Crippen LogP contribution is 2.10. The van der Waals surface area contributed by atoms with E-state index < -0.39 is 11.9 Å². The molecule has 2 aromatic carbocycles. The Hall–Kier alpha value is -3.15. The van der Waals surface area contributed by atoms with E-state index in [-0.39, 0.29) is 5.91 Å². The average molecular weight is 339 g/mol. The normalized spacial score (nSPS) is 11.8. The van der Waals surface area contributed by atoms with Crippen LogP contribution in [0, 0.1) is 0 Å². The summed E-state index contributed by atoms with van der Waals surface area (Å²) >= 11 is 0. The summed E-state index contributed by atoms with van der Waals surface area (Å²) in [6.07, 6.45) is 1.53. The lowest BCUT2D eigenvalue weighted by Crippen LogP contribution is -2.43. The summed E-state index contributed by atoms with van der Waals surface area (Å²) < 4.78 is 5.35. The fourth-order valence-corrected chi connectivity index (χ4v) is 2.02. The van der Waals surface area contributed by atoms with Gasteiger partial charge in [-0.1, -0.05) is 18.2 Å². The molecule has 0 saturated carbocycles. The van der Waals surface area contributed by atoms with Gasteiger partial charge in [0.25, 0.3) is 11.8 Å². The van der Waals surface area contributed by atoms with Crippen molar-refractivity contribution < 1.29 is 14.3 Å². The summed E-state index contributed by atoms with van der Waals surface area (Å²) in [6.45, 7) is 4.13. The third kappa shape index (κ3) is 5.76. The zero-order valence-corrected chi connectivity index (χ0v) is 14.2. The van der Waals surface area contributed by atoms with Gasteiger partial charge in [-0.25, -0.2) is 5.43 Å². The van der Waals surface area contributed by atoms with Crippen LogP contribution in [0.5, 0.6) is 5.75 Å². The minimum Gasteiger partial charge on any atom is -0.494 e. The molecule has 0 aliphatic rings. The molecule has 0 bridgehead atoms. The van der Waals surface area contributed by atoms with Gasteiger partial charge in [0, 0.05) is 5.56 Å². The van der Waals surface area contributed by atoms with Gasteiger partial charge >= 0.3 is 0 Å². The molecule has 0 heterocycles. The Bertz CT molecular complexity index is 727. The van der Waals surface area contributed by atoms with Gasteiger partial charge in [-0.3, -0.25) is 9.59 Å². The van der Waals surface area contributed by atoms with Crippen molar-refractivity contribution >= 4 is 18.0 Å². The molecule has 25 heavy (non-hydrogen) atoms. The second kappa shape index (κ2) is 9.22. The average Bonchev–Trinajstić information content (AvgIpc) is 2.64. The van der Waals surface area contributed by atoms with Crippen molar-refractivity contribution in [1.82, 2.24) is 10.7 Å². The molecule has 1 unspecified atom stereocenters. The standard InChI is InChI=1S/C19H21N3O3/c1-3-25-17-11-9-15(10-12-17)13-20-22-18(23)14(2)21-19(24)16-7-5-4-6-8-16/h4-14H,3H2,1-2H3,(H,21,24)(H,22,23). The first-order valence-corrected chi connectivity index (χ1v) is 8.02. The van der Waals surface area contributed by atoms with Crippen molar-refractivity contribution in [3.8, 4) is 5.75 Å². The van der Waals surface area contributed by atoms with Crippen molar-refractivity contribution in [2.24, 2.45) is 5.10 Å². The van der Waals surface area contributed by atoms with Crippen LogP contribution in [0.3, 0.4) is 0 Å². The van der Waals surface area contributed by atoms with E-state index in [1.165, 1.54) is 6.21 Å². The number of nitrogens with zero attached hydrogens (tertiary/aromatic N) is 1. The lowest BCUT2D eigenvalue weighted by molar-refractivity contribution is -0.122. The summed E-state index contributed by atoms with van der Waals surface area (Å²) in [7, 11) is 0. The Morgan fingerprint density at radius 3 is 2.44 bits per heavy atom. The molecule has 0 aliphatic carbocycles. The predicted octanol–water partition coefficient (Wildman–Crippen LogP) is 2.35. The molecule has 0 aliphatic heterocycles. The second-order valence-corrected chi connectivity index (χ2v) is 5.30. The summed E-state index contributed by atoms with van der Waals surface area (Å²) in [5.74, 6) is 0.0751. The Balaban J connectivity index is 1.83. The monoisotopic (exact) mass is 339 g/mol. The second-order valence-electron chi connectivity index (χ2n) is 5.30. The number of hydrogen-bond acceptors (Lipinski definition) is 4. The van der Waals surface area contributed by atoms with Crippen molar-refractivity contribution in [3.63, 3.8) is 0 Å². The third-order valence-corrected chi connectivity index (χ3v) is 3.36. The molecule has 130 valence electrons. The van der Waals surface area contributed by atoms with Crippen molar-refractivity contribution in [2.75, 3.05) is 6.61 Å². The topological polar surface area (TPSA) is 79.8 Å². The van der Waals surface area contributed by atoms with Crippen LogP contribution >= 0.6 is 0 Å². The van der Waals surface area contributed by atoms with E-state index >= 15 is 0 Å². The van der Waals surface area contributed by atoms with E-state index in [1.54, 1.807) is 31.2 Å². The predicted molar refractivity (Wildman–Crippen MR) is 96.7 cm³/mol. The molecule has 0 radical (unpaired) electrons. The smallest absolute Gasteiger partial charge is 0.262 e. The summed E-state index contributed by atoms with van der Waals surface area (Å²) in [5, 5.41) is 6.53. The van der Waals surface area contributed by atoms with Gasteiger partial charge in [-0.15, -0.1) is 0 Å². The Morgan fingerprint density at radius 2 is 1.80 bits per heavy atom. The van der Waals surface area contributed by atoms with Crippen LogP contribution < -0.4 is 15.5 Å². The Labute approximate surface area is 146 Å². The molecular formula is C19H21N3O3. The molecule has 2 N–H and O–H groups in total. The highest BCUT2D eigenvalue weighted by atomic mass is 16.5. The van der Waals surface area contributed by atoms with E-state index in [9.17, 15) is 9.59 Å². The first-order valence-electron chi connectivity index (χ1n) is 8.02. The molecule has 0 fully saturated rings. The molecule has 6 heteroatoms. The number of hydrazone groups is 1. The molecule has 0 saturated heterocycles. The van der Waals surface area contributed by atoms with Gasteiger partial charge in [-0.05, 0) is 55.8 Å². The van der Waals surface area contributed by atoms with Crippen molar-refractivity contribution in [1.29, 1.82) is 0 Å². The van der Waals surface area contributed by atoms with Crippen LogP contribution in [0.4, 0.5) is 0 Å². The van der Waals surface area contributed by atoms with E-state index in [1.807, 2.05) is 37.3 Å². The van der Waals surface area contributed by atoms with E-state index in [2.05, 4.69) is 15.8 Å². The molecular weight excluding hydrogens is 318 g/mol. The molecule has 2 aromatic rings. The third-order valence-electron chi connectivity index (χ3n) is 3.36. The maximum absolute atomic E-state index is 12.0. The van der Waals surface area contributed by atoms with Gasteiger partial charge in [-0.2, -0.15) is 5.10 Å². The van der Waals surface area contributed by atoms with Crippen LogP contribution in [0.15, 0.2) is 59.7 Å². The SMILES string of the molecule is CCOc1ccc(C=NNC(=O)C(C)NC(=O)c2ccccc2)cc1. The highest BCUT2D eigenvalue weighted by Gasteiger charge is 2.15. The lowest BCUT2D eigenvalue weighted by Gasteiger charge is -2.12. The van der Waals surface area contributed by atoms with E-state index in [0.717, 1.165) is 11.3 Å². The van der Waals surface area contributed by atoms with Crippen molar-refractivity contribution in [2.45, 2.75) is 19.9 Å². The Kier molecular flexibility index (Phi) is 6.71. The number of ether oxygens (including phenoxy) is 1. The number of benzene rings is 2. The fraction of sp³-hybridized carbons (Fsp3) is 0.211. The summed E-state index contributed by atoms with van der Waals surface area (Å²) in [4.78, 5) is 24.0. The van der Waals surface area contributed by atoms with Gasteiger partial charge in [0.1, 0.15) is 11.8 Å². The molecule has 0 spiro atoms. The van der Waals surface area contributed by atoms with E-state index in [0.29, 0.717) is 12.2 Å². The van der Waals surface area contributed by atoms with Gasteiger partial charge < -0.3 is 10.1 Å². The summed E-state index contributed by atoms with van der Waals surface area (Å²) in [6, 6.07) is 15.3. The first kappa shape index (κ1) is 18.2. The number of hydrogen-bond donors (Lipinski definition) is 2. The number of carbonyl (C=O) groups excluding carboxylic acids is 2. The maximum Gasteiger partial charge on any atom is 0.262 e. The minimum atomic E-state index is -0.704. The van der Waals surface area contributed by atoms with Crippen molar-refractivity contribution in [3.05, 3.63) is 65.7 Å². The molecule has 2 rings (SSSR count). The minimum absolute atomic E-state index is 0.307. The quantitative estimate of drug-likeness (QED) is 0.600. The van der Waals surface area contributed by atoms with Crippen LogP contribution in [-0.2, 0) is 4.79 Å². The molecule has 6 nitrogen and oxygen atoms in total. The molecule has 0 aromatic heterocycles. The van der Waals surface area contributed by atoms with Crippen LogP contribution in [0.1, 0.15) is 29.8 Å². The van der Waals surface area contributed by atoms with E-state index in [4.69, 9.17) is 4.74 Å². The number of amides is 2. The molecule has 2 amide bonds. The maximum atomic E-state index is 12.0. The van der Waals surface area contributed by atoms with Crippen LogP contribution in [0.25, 0.3) is 0 Å². The van der Waals surface area contributed by atoms with Gasteiger partial charge in [0.15, 0.2) is 0 Å². The number of carbonyl (C=O) groups is 2. The largest absolute Gasteiger partial charge is 0.494 e. The van der Waals surface area contributed by atoms with Crippen LogP contribution in [0.2, 0.25) is 0 Å². The zero-order valence-electron chi connectivity index (χ0n) is 14.2. The lowest BCUT2D eigenvalue weighted by atomic mass is 10.2. The highest BCUT2D eigenvalue weighted by molar-refractivity contribution is 5.97. The first-order chi connectivity index (χ1) is 12.1. The number of nitrogens with one attached hydrogen (secondary N) is 2. The van der Waals surface area contributed by atoms with Gasteiger partial charge in [0.2, 0.25) is 0 Å². The zero-order chi connectivity index (χ0) is 18.1. The summed E-state index contributed by atoms with van der Waals surface area (Å²) in [5.41, 5.74) is 3.74.